The lowest BCUT2D eigenvalue weighted by Crippen LogP contribution is -2.10. The molecule has 3 N–H and O–H groups in total. The van der Waals surface area contributed by atoms with E-state index in [1.807, 2.05) is 0 Å². The van der Waals surface area contributed by atoms with Crippen LogP contribution in [0.3, 0.4) is 0 Å². The minimum atomic E-state index is -1.09. The molecule has 2 nitrogen and oxygen atoms in total. The van der Waals surface area contributed by atoms with Crippen molar-refractivity contribution in [1.82, 2.24) is 0 Å². The van der Waals surface area contributed by atoms with Crippen LogP contribution in [0.25, 0.3) is 0 Å². The maximum absolute atomic E-state index is 12.5. The minimum Gasteiger partial charge on any atom is -0.375 e. The highest BCUT2D eigenvalue weighted by molar-refractivity contribution is 5.27. The summed E-state index contributed by atoms with van der Waals surface area (Å²) in [7, 11) is 0. The molecule has 0 aliphatic carbocycles. The van der Waals surface area contributed by atoms with Gasteiger partial charge in [-0.05, 0) is 24.6 Å². The van der Waals surface area contributed by atoms with E-state index in [2.05, 4.69) is 0 Å². The number of aryl methyl sites for hydroxylation is 1. The van der Waals surface area contributed by atoms with E-state index in [4.69, 9.17) is 10.8 Å². The SMILES string of the molecule is Cc1ccc(F)cc1C(N)O. The van der Waals surface area contributed by atoms with E-state index in [0.717, 1.165) is 5.56 Å². The van der Waals surface area contributed by atoms with Gasteiger partial charge in [0, 0.05) is 5.56 Å². The van der Waals surface area contributed by atoms with Gasteiger partial charge in [-0.1, -0.05) is 6.07 Å². The van der Waals surface area contributed by atoms with E-state index in [0.29, 0.717) is 5.56 Å². The van der Waals surface area contributed by atoms with Crippen LogP contribution < -0.4 is 5.73 Å². The summed E-state index contributed by atoms with van der Waals surface area (Å²) < 4.78 is 12.5. The number of aliphatic hydroxyl groups excluding tert-OH is 1. The van der Waals surface area contributed by atoms with E-state index < -0.39 is 6.23 Å². The third-order valence-corrected chi connectivity index (χ3v) is 1.56. The number of hydrogen-bond donors (Lipinski definition) is 2. The third kappa shape index (κ3) is 1.76. The first-order valence-electron chi connectivity index (χ1n) is 3.31. The summed E-state index contributed by atoms with van der Waals surface area (Å²) in [6.07, 6.45) is -1.09. The van der Waals surface area contributed by atoms with Crippen LogP contribution in [0, 0.1) is 12.7 Å². The zero-order chi connectivity index (χ0) is 8.43. The lowest BCUT2D eigenvalue weighted by molar-refractivity contribution is 0.185. The van der Waals surface area contributed by atoms with Gasteiger partial charge in [-0.2, -0.15) is 0 Å². The highest BCUT2D eigenvalue weighted by atomic mass is 19.1. The fraction of sp³-hybridized carbons (Fsp3) is 0.250. The van der Waals surface area contributed by atoms with Gasteiger partial charge in [0.1, 0.15) is 12.0 Å². The molecule has 0 aliphatic rings. The molecule has 0 saturated heterocycles. The smallest absolute Gasteiger partial charge is 0.128 e. The Hall–Kier alpha value is -0.930. The monoisotopic (exact) mass is 155 g/mol. The summed E-state index contributed by atoms with van der Waals surface area (Å²) in [5.74, 6) is -0.380. The summed E-state index contributed by atoms with van der Waals surface area (Å²) in [5, 5.41) is 8.94. The van der Waals surface area contributed by atoms with E-state index in [9.17, 15) is 4.39 Å². The van der Waals surface area contributed by atoms with Crippen molar-refractivity contribution < 1.29 is 9.50 Å². The van der Waals surface area contributed by atoms with Crippen LogP contribution in [-0.2, 0) is 0 Å². The van der Waals surface area contributed by atoms with Gasteiger partial charge < -0.3 is 10.8 Å². The summed E-state index contributed by atoms with van der Waals surface area (Å²) in [6.45, 7) is 1.77. The Bertz CT molecular complexity index is 260. The Balaban J connectivity index is 3.13. The van der Waals surface area contributed by atoms with E-state index >= 15 is 0 Å². The van der Waals surface area contributed by atoms with Crippen molar-refractivity contribution in [3.8, 4) is 0 Å². The molecule has 60 valence electrons. The van der Waals surface area contributed by atoms with Crippen LogP contribution in [0.15, 0.2) is 18.2 Å². The molecule has 0 aliphatic heterocycles. The molecule has 1 aromatic rings. The molecule has 11 heavy (non-hydrogen) atoms. The van der Waals surface area contributed by atoms with Crippen LogP contribution in [0.2, 0.25) is 0 Å². The first kappa shape index (κ1) is 8.17. The number of halogens is 1. The van der Waals surface area contributed by atoms with Crippen molar-refractivity contribution in [1.29, 1.82) is 0 Å². The molecule has 1 unspecified atom stereocenters. The second-order valence-electron chi connectivity index (χ2n) is 2.45. The van der Waals surface area contributed by atoms with Crippen molar-refractivity contribution in [3.63, 3.8) is 0 Å². The van der Waals surface area contributed by atoms with Crippen molar-refractivity contribution >= 4 is 0 Å². The number of hydrogen-bond acceptors (Lipinski definition) is 2. The molecule has 0 heterocycles. The lowest BCUT2D eigenvalue weighted by Gasteiger charge is -2.07. The molecule has 0 spiro atoms. The van der Waals surface area contributed by atoms with Crippen LogP contribution in [0.1, 0.15) is 17.4 Å². The Kier molecular flexibility index (Phi) is 2.22. The molecule has 1 rings (SSSR count). The highest BCUT2D eigenvalue weighted by Crippen LogP contribution is 2.14. The van der Waals surface area contributed by atoms with Gasteiger partial charge in [0.15, 0.2) is 0 Å². The van der Waals surface area contributed by atoms with Crippen molar-refractivity contribution in [2.45, 2.75) is 13.2 Å². The Morgan fingerprint density at radius 3 is 2.64 bits per heavy atom. The Morgan fingerprint density at radius 2 is 2.18 bits per heavy atom. The van der Waals surface area contributed by atoms with E-state index in [1.165, 1.54) is 12.1 Å². The maximum atomic E-state index is 12.5. The van der Waals surface area contributed by atoms with Crippen LogP contribution in [0.4, 0.5) is 4.39 Å². The average Bonchev–Trinajstić information content (AvgIpc) is 1.94. The van der Waals surface area contributed by atoms with Crippen molar-refractivity contribution in [2.75, 3.05) is 0 Å². The first-order chi connectivity index (χ1) is 5.11. The van der Waals surface area contributed by atoms with Gasteiger partial charge in [-0.25, -0.2) is 4.39 Å². The largest absolute Gasteiger partial charge is 0.375 e. The van der Waals surface area contributed by atoms with Crippen LogP contribution in [-0.4, -0.2) is 5.11 Å². The normalized spacial score (nSPS) is 13.1. The van der Waals surface area contributed by atoms with E-state index in [-0.39, 0.29) is 5.82 Å². The molecule has 0 amide bonds. The zero-order valence-corrected chi connectivity index (χ0v) is 6.21. The van der Waals surface area contributed by atoms with Gasteiger partial charge >= 0.3 is 0 Å². The van der Waals surface area contributed by atoms with Gasteiger partial charge in [-0.15, -0.1) is 0 Å². The lowest BCUT2D eigenvalue weighted by atomic mass is 10.1. The fourth-order valence-electron chi connectivity index (χ4n) is 0.930. The van der Waals surface area contributed by atoms with Crippen LogP contribution in [0.5, 0.6) is 0 Å². The molecule has 3 heteroatoms. The summed E-state index contributed by atoms with van der Waals surface area (Å²) in [6, 6.07) is 4.15. The minimum absolute atomic E-state index is 0.380. The quantitative estimate of drug-likeness (QED) is 0.596. The topological polar surface area (TPSA) is 46.2 Å². The van der Waals surface area contributed by atoms with Crippen LogP contribution >= 0.6 is 0 Å². The zero-order valence-electron chi connectivity index (χ0n) is 6.21. The molecule has 0 radical (unpaired) electrons. The average molecular weight is 155 g/mol. The van der Waals surface area contributed by atoms with Gasteiger partial charge in [0.25, 0.3) is 0 Å². The number of aliphatic hydroxyl groups is 1. The predicted molar refractivity (Wildman–Crippen MR) is 40.3 cm³/mol. The molecule has 0 saturated carbocycles. The molecular formula is C8H10FNO. The second kappa shape index (κ2) is 2.98. The van der Waals surface area contributed by atoms with Gasteiger partial charge in [0.2, 0.25) is 0 Å². The maximum Gasteiger partial charge on any atom is 0.128 e. The number of benzene rings is 1. The second-order valence-corrected chi connectivity index (χ2v) is 2.45. The first-order valence-corrected chi connectivity index (χ1v) is 3.31. The molecule has 1 aromatic carbocycles. The third-order valence-electron chi connectivity index (χ3n) is 1.56. The van der Waals surface area contributed by atoms with Crippen molar-refractivity contribution in [2.24, 2.45) is 5.73 Å². The Morgan fingerprint density at radius 1 is 1.55 bits per heavy atom. The van der Waals surface area contributed by atoms with Gasteiger partial charge in [0.05, 0.1) is 0 Å². The standard InChI is InChI=1S/C8H10FNO/c1-5-2-3-6(9)4-7(5)8(10)11/h2-4,8,11H,10H2,1H3. The summed E-state index contributed by atoms with van der Waals surface area (Å²) in [4.78, 5) is 0. The predicted octanol–water partition coefficient (Wildman–Crippen LogP) is 1.08. The van der Waals surface area contributed by atoms with E-state index in [1.54, 1.807) is 13.0 Å². The molecule has 0 fully saturated rings. The molecule has 0 bridgehead atoms. The fourth-order valence-corrected chi connectivity index (χ4v) is 0.930. The summed E-state index contributed by atoms with van der Waals surface area (Å²) in [5.41, 5.74) is 6.40. The molecule has 0 aromatic heterocycles. The molecule has 1 atom stereocenters. The van der Waals surface area contributed by atoms with Crippen molar-refractivity contribution in [3.05, 3.63) is 35.1 Å². The Labute approximate surface area is 64.5 Å². The van der Waals surface area contributed by atoms with Gasteiger partial charge in [-0.3, -0.25) is 0 Å². The number of rotatable bonds is 1. The molecular weight excluding hydrogens is 145 g/mol. The summed E-state index contributed by atoms with van der Waals surface area (Å²) >= 11 is 0. The number of nitrogens with two attached hydrogens (primary N) is 1. The highest BCUT2D eigenvalue weighted by Gasteiger charge is 2.05.